The first-order valence-electron chi connectivity index (χ1n) is 8.25. The molecule has 0 aromatic heterocycles. The zero-order chi connectivity index (χ0) is 19.6. The highest BCUT2D eigenvalue weighted by atomic mass is 16.5. The summed E-state index contributed by atoms with van der Waals surface area (Å²) in [6.07, 6.45) is 0. The zero-order valence-corrected chi connectivity index (χ0v) is 14.9. The number of esters is 1. The van der Waals surface area contributed by atoms with Crippen molar-refractivity contribution in [2.24, 2.45) is 0 Å². The first kappa shape index (κ1) is 18.1. The number of fused-ring (bicyclic) bond motifs is 1. The first-order chi connectivity index (χ1) is 12.8. The van der Waals surface area contributed by atoms with E-state index < -0.39 is 24.0 Å². The van der Waals surface area contributed by atoms with Gasteiger partial charge in [0.05, 0.1) is 28.6 Å². The van der Waals surface area contributed by atoms with Crippen LogP contribution in [0.3, 0.4) is 0 Å². The molecule has 27 heavy (non-hydrogen) atoms. The van der Waals surface area contributed by atoms with Gasteiger partial charge in [-0.15, -0.1) is 0 Å². The van der Waals surface area contributed by atoms with Crippen LogP contribution in [0.25, 0.3) is 0 Å². The predicted octanol–water partition coefficient (Wildman–Crippen LogP) is 2.48. The molecular formula is C20H17N3O4. The average molecular weight is 363 g/mol. The largest absolute Gasteiger partial charge is 0.452 e. The lowest BCUT2D eigenvalue weighted by Crippen LogP contribution is -2.59. The number of hydrogen-bond acceptors (Lipinski definition) is 5. The number of hydrogen-bond donors (Lipinski definition) is 1. The molecule has 0 aliphatic carbocycles. The van der Waals surface area contributed by atoms with Gasteiger partial charge >= 0.3 is 5.97 Å². The van der Waals surface area contributed by atoms with Crippen LogP contribution in [-0.4, -0.2) is 29.9 Å². The van der Waals surface area contributed by atoms with Crippen molar-refractivity contribution < 1.29 is 19.1 Å². The van der Waals surface area contributed by atoms with Crippen molar-refractivity contribution in [1.82, 2.24) is 0 Å². The van der Waals surface area contributed by atoms with Gasteiger partial charge in [-0.05, 0) is 50.2 Å². The molecule has 0 bridgehead atoms. The Morgan fingerprint density at radius 1 is 1.15 bits per heavy atom. The van der Waals surface area contributed by atoms with Crippen LogP contribution in [0.2, 0.25) is 0 Å². The van der Waals surface area contributed by atoms with Gasteiger partial charge in [0.15, 0.2) is 6.61 Å². The Kier molecular flexibility index (Phi) is 4.65. The molecule has 0 saturated heterocycles. The topological polar surface area (TPSA) is 99.5 Å². The fraction of sp³-hybridized carbons (Fsp3) is 0.200. The SMILES string of the molecule is CC1(C)C(=O)Nc2ccccc2N1C(=O)COC(=O)c1ccc(C#N)cc1. The van der Waals surface area contributed by atoms with Gasteiger partial charge in [0, 0.05) is 0 Å². The number of benzene rings is 2. The van der Waals surface area contributed by atoms with Gasteiger partial charge in [-0.25, -0.2) is 4.79 Å². The monoisotopic (exact) mass is 363 g/mol. The number of anilines is 2. The highest BCUT2D eigenvalue weighted by Gasteiger charge is 2.43. The second kappa shape index (κ2) is 6.92. The van der Waals surface area contributed by atoms with E-state index >= 15 is 0 Å². The van der Waals surface area contributed by atoms with Crippen LogP contribution in [0.4, 0.5) is 11.4 Å². The third-order valence-corrected chi connectivity index (χ3v) is 4.33. The van der Waals surface area contributed by atoms with E-state index in [9.17, 15) is 14.4 Å². The number of nitrogens with zero attached hydrogens (tertiary/aromatic N) is 2. The maximum atomic E-state index is 12.8. The van der Waals surface area contributed by atoms with Crippen LogP contribution in [0, 0.1) is 11.3 Å². The molecule has 1 N–H and O–H groups in total. The molecular weight excluding hydrogens is 346 g/mol. The minimum absolute atomic E-state index is 0.234. The quantitative estimate of drug-likeness (QED) is 0.845. The summed E-state index contributed by atoms with van der Waals surface area (Å²) in [5.41, 5.74) is 0.583. The second-order valence-corrected chi connectivity index (χ2v) is 6.52. The second-order valence-electron chi connectivity index (χ2n) is 6.52. The summed E-state index contributed by atoms with van der Waals surface area (Å²) in [7, 11) is 0. The summed E-state index contributed by atoms with van der Waals surface area (Å²) >= 11 is 0. The Morgan fingerprint density at radius 2 is 1.81 bits per heavy atom. The molecule has 7 heteroatoms. The molecule has 2 aromatic rings. The van der Waals surface area contributed by atoms with Gasteiger partial charge in [0.1, 0.15) is 5.54 Å². The number of rotatable bonds is 3. The molecule has 0 atom stereocenters. The fourth-order valence-electron chi connectivity index (χ4n) is 2.85. The van der Waals surface area contributed by atoms with Crippen molar-refractivity contribution in [3.8, 4) is 6.07 Å². The van der Waals surface area contributed by atoms with E-state index in [1.165, 1.54) is 29.2 Å². The molecule has 1 heterocycles. The van der Waals surface area contributed by atoms with Crippen LogP contribution in [0.1, 0.15) is 29.8 Å². The minimum Gasteiger partial charge on any atom is -0.452 e. The summed E-state index contributed by atoms with van der Waals surface area (Å²) in [5.74, 6) is -1.52. The van der Waals surface area contributed by atoms with Crippen molar-refractivity contribution in [2.45, 2.75) is 19.4 Å². The predicted molar refractivity (Wildman–Crippen MR) is 98.1 cm³/mol. The Hall–Kier alpha value is -3.66. The number of nitrogens with one attached hydrogen (secondary N) is 1. The van der Waals surface area contributed by atoms with E-state index in [4.69, 9.17) is 10.00 Å². The van der Waals surface area contributed by atoms with E-state index in [-0.39, 0.29) is 11.5 Å². The number of amides is 2. The fourth-order valence-corrected chi connectivity index (χ4v) is 2.85. The number of ether oxygens (including phenoxy) is 1. The number of para-hydroxylation sites is 2. The smallest absolute Gasteiger partial charge is 0.338 e. The molecule has 0 spiro atoms. The average Bonchev–Trinajstić information content (AvgIpc) is 2.66. The lowest BCUT2D eigenvalue weighted by atomic mass is 9.96. The van der Waals surface area contributed by atoms with Crippen LogP contribution in [0.5, 0.6) is 0 Å². The highest BCUT2D eigenvalue weighted by Crippen LogP contribution is 2.36. The highest BCUT2D eigenvalue weighted by molar-refractivity contribution is 6.14. The van der Waals surface area contributed by atoms with E-state index in [0.717, 1.165) is 0 Å². The Bertz CT molecular complexity index is 958. The molecule has 3 rings (SSSR count). The van der Waals surface area contributed by atoms with Gasteiger partial charge in [-0.3, -0.25) is 14.5 Å². The van der Waals surface area contributed by atoms with Crippen molar-refractivity contribution in [3.63, 3.8) is 0 Å². The lowest BCUT2D eigenvalue weighted by Gasteiger charge is -2.41. The molecule has 0 saturated carbocycles. The minimum atomic E-state index is -1.13. The summed E-state index contributed by atoms with van der Waals surface area (Å²) in [6, 6.07) is 14.8. The molecule has 2 aromatic carbocycles. The molecule has 0 unspecified atom stereocenters. The standard InChI is InChI=1S/C20H17N3O4/c1-20(2)19(26)22-15-5-3-4-6-16(15)23(20)17(24)12-27-18(25)14-9-7-13(11-21)8-10-14/h3-10H,12H2,1-2H3,(H,22,26). The van der Waals surface area contributed by atoms with Crippen LogP contribution in [-0.2, 0) is 14.3 Å². The number of carbonyl (C=O) groups excluding carboxylic acids is 3. The maximum Gasteiger partial charge on any atom is 0.338 e. The van der Waals surface area contributed by atoms with Crippen LogP contribution < -0.4 is 10.2 Å². The molecule has 7 nitrogen and oxygen atoms in total. The van der Waals surface area contributed by atoms with Crippen molar-refractivity contribution in [3.05, 3.63) is 59.7 Å². The molecule has 2 amide bonds. The Morgan fingerprint density at radius 3 is 2.48 bits per heavy atom. The van der Waals surface area contributed by atoms with E-state index in [1.807, 2.05) is 6.07 Å². The van der Waals surface area contributed by atoms with Crippen molar-refractivity contribution in [1.29, 1.82) is 5.26 Å². The van der Waals surface area contributed by atoms with Crippen LogP contribution >= 0.6 is 0 Å². The van der Waals surface area contributed by atoms with Gasteiger partial charge < -0.3 is 10.1 Å². The van der Waals surface area contributed by atoms with E-state index in [2.05, 4.69) is 5.32 Å². The summed E-state index contributed by atoms with van der Waals surface area (Å²) in [6.45, 7) is 2.74. The summed E-state index contributed by atoms with van der Waals surface area (Å²) in [4.78, 5) is 38.6. The third-order valence-electron chi connectivity index (χ3n) is 4.33. The zero-order valence-electron chi connectivity index (χ0n) is 14.9. The molecule has 0 radical (unpaired) electrons. The van der Waals surface area contributed by atoms with E-state index in [1.54, 1.807) is 38.1 Å². The molecule has 0 fully saturated rings. The Balaban J connectivity index is 1.77. The number of nitriles is 1. The van der Waals surface area contributed by atoms with E-state index in [0.29, 0.717) is 16.9 Å². The molecule has 1 aliphatic rings. The molecule has 136 valence electrons. The third kappa shape index (κ3) is 3.37. The summed E-state index contributed by atoms with van der Waals surface area (Å²) in [5, 5.41) is 11.6. The van der Waals surface area contributed by atoms with Crippen molar-refractivity contribution in [2.75, 3.05) is 16.8 Å². The van der Waals surface area contributed by atoms with Gasteiger partial charge in [0.2, 0.25) is 5.91 Å². The maximum absolute atomic E-state index is 12.8. The van der Waals surface area contributed by atoms with Gasteiger partial charge in [0.25, 0.3) is 5.91 Å². The first-order valence-corrected chi connectivity index (χ1v) is 8.25. The van der Waals surface area contributed by atoms with Crippen molar-refractivity contribution >= 4 is 29.2 Å². The normalized spacial score (nSPS) is 14.6. The summed E-state index contributed by atoms with van der Waals surface area (Å²) < 4.78 is 5.12. The Labute approximate surface area is 156 Å². The van der Waals surface area contributed by atoms with Gasteiger partial charge in [-0.2, -0.15) is 5.26 Å². The lowest BCUT2D eigenvalue weighted by molar-refractivity contribution is -0.128. The molecule has 1 aliphatic heterocycles. The number of carbonyl (C=O) groups is 3. The van der Waals surface area contributed by atoms with Gasteiger partial charge in [-0.1, -0.05) is 12.1 Å². The van der Waals surface area contributed by atoms with Crippen LogP contribution in [0.15, 0.2) is 48.5 Å².